The molecular weight excluding hydrogens is 308 g/mol. The molecule has 0 aromatic heterocycles. The quantitative estimate of drug-likeness (QED) is 0.886. The Morgan fingerprint density at radius 3 is 2.78 bits per heavy atom. The van der Waals surface area contributed by atoms with Crippen LogP contribution in [0, 0.1) is 0 Å². The van der Waals surface area contributed by atoms with Gasteiger partial charge in [-0.15, -0.1) is 11.8 Å². The third-order valence-corrected chi connectivity index (χ3v) is 4.80. The number of benzene rings is 2. The summed E-state index contributed by atoms with van der Waals surface area (Å²) >= 11 is 1.75. The van der Waals surface area contributed by atoms with Crippen molar-refractivity contribution in [2.24, 2.45) is 0 Å². The van der Waals surface area contributed by atoms with Crippen molar-refractivity contribution >= 4 is 17.7 Å². The average molecular weight is 328 g/mol. The van der Waals surface area contributed by atoms with Gasteiger partial charge in [-0.3, -0.25) is 10.1 Å². The van der Waals surface area contributed by atoms with E-state index in [0.29, 0.717) is 6.54 Å². The molecule has 2 aromatic carbocycles. The fraction of sp³-hybridized carbons (Fsp3) is 0.278. The second-order valence-electron chi connectivity index (χ2n) is 5.42. The molecule has 0 spiro atoms. The van der Waals surface area contributed by atoms with Crippen LogP contribution in [0.2, 0.25) is 0 Å². The minimum Gasteiger partial charge on any atom is -0.497 e. The van der Waals surface area contributed by atoms with Gasteiger partial charge in [-0.1, -0.05) is 36.4 Å². The van der Waals surface area contributed by atoms with Crippen LogP contribution in [0.25, 0.3) is 11.1 Å². The number of methoxy groups -OCH3 is 1. The lowest BCUT2D eigenvalue weighted by atomic mass is 10.0. The first-order valence-corrected chi connectivity index (χ1v) is 8.74. The third-order valence-electron chi connectivity index (χ3n) is 3.86. The molecule has 1 heterocycles. The van der Waals surface area contributed by atoms with E-state index in [4.69, 9.17) is 4.74 Å². The Labute approximate surface area is 140 Å². The number of nitrogens with one attached hydrogen (secondary N) is 2. The molecule has 1 fully saturated rings. The second-order valence-corrected chi connectivity index (χ2v) is 6.45. The lowest BCUT2D eigenvalue weighted by Crippen LogP contribution is -2.41. The second kappa shape index (κ2) is 7.53. The molecule has 0 bridgehead atoms. The van der Waals surface area contributed by atoms with E-state index in [0.717, 1.165) is 34.1 Å². The predicted octanol–water partition coefficient (Wildman–Crippen LogP) is 2.64. The van der Waals surface area contributed by atoms with Crippen molar-refractivity contribution in [3.63, 3.8) is 0 Å². The summed E-state index contributed by atoms with van der Waals surface area (Å²) in [4.78, 5) is 12.0. The smallest absolute Gasteiger partial charge is 0.238 e. The minimum atomic E-state index is -0.0592. The van der Waals surface area contributed by atoms with Crippen LogP contribution >= 0.6 is 11.8 Å². The van der Waals surface area contributed by atoms with Crippen LogP contribution in [0.15, 0.2) is 48.5 Å². The molecule has 1 atom stereocenters. The highest BCUT2D eigenvalue weighted by atomic mass is 32.2. The number of hydrogen-bond acceptors (Lipinski definition) is 4. The molecule has 3 rings (SSSR count). The van der Waals surface area contributed by atoms with Crippen molar-refractivity contribution in [1.29, 1.82) is 0 Å². The Hall–Kier alpha value is -1.98. The van der Waals surface area contributed by atoms with E-state index in [1.165, 1.54) is 0 Å². The molecule has 1 aliphatic rings. The molecule has 0 saturated carbocycles. The fourth-order valence-electron chi connectivity index (χ4n) is 2.49. The molecule has 2 N–H and O–H groups in total. The largest absolute Gasteiger partial charge is 0.497 e. The number of amides is 1. The Bertz CT molecular complexity index is 667. The molecular formula is C18H20N2O2S. The van der Waals surface area contributed by atoms with Crippen LogP contribution < -0.4 is 15.4 Å². The van der Waals surface area contributed by atoms with Crippen LogP contribution in [0.1, 0.15) is 5.56 Å². The SMILES string of the molecule is COc1cccc(-c2ccc(CNC(=O)C3CSCN3)cc2)c1. The molecule has 1 amide bonds. The average Bonchev–Trinajstić information content (AvgIpc) is 3.15. The van der Waals surface area contributed by atoms with Gasteiger partial charge in [0.2, 0.25) is 5.91 Å². The maximum Gasteiger partial charge on any atom is 0.238 e. The van der Waals surface area contributed by atoms with E-state index in [1.807, 2.05) is 30.3 Å². The highest BCUT2D eigenvalue weighted by molar-refractivity contribution is 7.99. The van der Waals surface area contributed by atoms with Gasteiger partial charge < -0.3 is 10.1 Å². The van der Waals surface area contributed by atoms with Crippen LogP contribution in [-0.2, 0) is 11.3 Å². The highest BCUT2D eigenvalue weighted by Gasteiger charge is 2.21. The monoisotopic (exact) mass is 328 g/mol. The Morgan fingerprint density at radius 2 is 2.09 bits per heavy atom. The van der Waals surface area contributed by atoms with Crippen LogP contribution in [0.4, 0.5) is 0 Å². The lowest BCUT2D eigenvalue weighted by molar-refractivity contribution is -0.122. The van der Waals surface area contributed by atoms with Gasteiger partial charge in [0, 0.05) is 18.2 Å². The first-order valence-electron chi connectivity index (χ1n) is 7.58. The van der Waals surface area contributed by atoms with Crippen molar-refractivity contribution in [2.75, 3.05) is 18.7 Å². The van der Waals surface area contributed by atoms with Gasteiger partial charge in [0.25, 0.3) is 0 Å². The number of hydrogen-bond donors (Lipinski definition) is 2. The van der Waals surface area contributed by atoms with Gasteiger partial charge in [-0.25, -0.2) is 0 Å². The number of ether oxygens (including phenoxy) is 1. The summed E-state index contributed by atoms with van der Waals surface area (Å²) in [6.45, 7) is 0.556. The topological polar surface area (TPSA) is 50.4 Å². The van der Waals surface area contributed by atoms with Crippen molar-refractivity contribution in [3.05, 3.63) is 54.1 Å². The number of carbonyl (C=O) groups is 1. The van der Waals surface area contributed by atoms with E-state index in [2.05, 4.69) is 28.8 Å². The van der Waals surface area contributed by atoms with Crippen molar-refractivity contribution < 1.29 is 9.53 Å². The van der Waals surface area contributed by atoms with Crippen LogP contribution in [0.5, 0.6) is 5.75 Å². The standard InChI is InChI=1S/C18H20N2O2S/c1-22-16-4-2-3-15(9-16)14-7-5-13(6-8-14)10-19-18(21)17-11-23-12-20-17/h2-9,17,20H,10-12H2,1H3,(H,19,21). The fourth-order valence-corrected chi connectivity index (χ4v) is 3.44. The summed E-state index contributed by atoms with van der Waals surface area (Å²) in [7, 11) is 1.67. The van der Waals surface area contributed by atoms with Gasteiger partial charge >= 0.3 is 0 Å². The summed E-state index contributed by atoms with van der Waals surface area (Å²) in [6, 6.07) is 16.2. The molecule has 1 unspecified atom stereocenters. The van der Waals surface area contributed by atoms with E-state index in [9.17, 15) is 4.79 Å². The van der Waals surface area contributed by atoms with E-state index < -0.39 is 0 Å². The summed E-state index contributed by atoms with van der Waals surface area (Å²) in [5.74, 6) is 2.63. The molecule has 23 heavy (non-hydrogen) atoms. The first-order chi connectivity index (χ1) is 11.3. The predicted molar refractivity (Wildman–Crippen MR) is 94.5 cm³/mol. The Balaban J connectivity index is 1.61. The number of carbonyl (C=O) groups excluding carboxylic acids is 1. The highest BCUT2D eigenvalue weighted by Crippen LogP contribution is 2.24. The molecule has 4 nitrogen and oxygen atoms in total. The maximum atomic E-state index is 12.0. The summed E-state index contributed by atoms with van der Waals surface area (Å²) in [5.41, 5.74) is 3.34. The molecule has 0 radical (unpaired) electrons. The zero-order valence-corrected chi connectivity index (χ0v) is 13.9. The molecule has 5 heteroatoms. The van der Waals surface area contributed by atoms with Crippen molar-refractivity contribution in [1.82, 2.24) is 10.6 Å². The number of thioether (sulfide) groups is 1. The van der Waals surface area contributed by atoms with Gasteiger partial charge in [0.05, 0.1) is 13.2 Å². The van der Waals surface area contributed by atoms with Gasteiger partial charge in [0.1, 0.15) is 5.75 Å². The van der Waals surface area contributed by atoms with Crippen molar-refractivity contribution in [2.45, 2.75) is 12.6 Å². The Morgan fingerprint density at radius 1 is 1.26 bits per heavy atom. The molecule has 2 aromatic rings. The first kappa shape index (κ1) is 15.9. The molecule has 0 aliphatic carbocycles. The van der Waals surface area contributed by atoms with E-state index >= 15 is 0 Å². The van der Waals surface area contributed by atoms with Gasteiger partial charge in [-0.05, 0) is 28.8 Å². The van der Waals surface area contributed by atoms with Crippen LogP contribution in [-0.4, -0.2) is 30.7 Å². The lowest BCUT2D eigenvalue weighted by Gasteiger charge is -2.11. The van der Waals surface area contributed by atoms with Gasteiger partial charge in [-0.2, -0.15) is 0 Å². The molecule has 1 saturated heterocycles. The summed E-state index contributed by atoms with van der Waals surface area (Å²) in [6.07, 6.45) is 0. The normalized spacial score (nSPS) is 17.0. The Kier molecular flexibility index (Phi) is 5.20. The van der Waals surface area contributed by atoms with Gasteiger partial charge in [0.15, 0.2) is 0 Å². The maximum absolute atomic E-state index is 12.0. The molecule has 120 valence electrons. The zero-order valence-electron chi connectivity index (χ0n) is 13.0. The number of rotatable bonds is 5. The third kappa shape index (κ3) is 4.06. The van der Waals surface area contributed by atoms with E-state index in [1.54, 1.807) is 18.9 Å². The van der Waals surface area contributed by atoms with E-state index in [-0.39, 0.29) is 11.9 Å². The minimum absolute atomic E-state index is 0.0592. The van der Waals surface area contributed by atoms with Crippen LogP contribution in [0.3, 0.4) is 0 Å². The summed E-state index contributed by atoms with van der Waals surface area (Å²) in [5, 5.41) is 6.16. The summed E-state index contributed by atoms with van der Waals surface area (Å²) < 4.78 is 5.26. The zero-order chi connectivity index (χ0) is 16.1. The molecule has 1 aliphatic heterocycles. The van der Waals surface area contributed by atoms with Crippen molar-refractivity contribution in [3.8, 4) is 16.9 Å².